The molecule has 140 valence electrons. The molecular weight excluding hydrogens is 388 g/mol. The highest BCUT2D eigenvalue weighted by atomic mass is 35.5. The zero-order valence-corrected chi connectivity index (χ0v) is 16.2. The summed E-state index contributed by atoms with van der Waals surface area (Å²) in [6.45, 7) is 0. The van der Waals surface area contributed by atoms with E-state index in [0.29, 0.717) is 16.5 Å². The number of hydrogen-bond donors (Lipinski definition) is 1. The van der Waals surface area contributed by atoms with Crippen LogP contribution < -0.4 is 5.32 Å². The number of fused-ring (bicyclic) bond motifs is 1. The number of nitrogens with zero attached hydrogens (tertiary/aromatic N) is 1. The van der Waals surface area contributed by atoms with Gasteiger partial charge in [-0.05, 0) is 49.6 Å². The summed E-state index contributed by atoms with van der Waals surface area (Å²) in [4.78, 5) is 17.1. The van der Waals surface area contributed by atoms with Crippen molar-refractivity contribution < 1.29 is 17.8 Å². The zero-order valence-electron chi connectivity index (χ0n) is 14.6. The third-order valence-electron chi connectivity index (χ3n) is 5.44. The van der Waals surface area contributed by atoms with Crippen molar-refractivity contribution in [2.75, 3.05) is 6.26 Å². The lowest BCUT2D eigenvalue weighted by Gasteiger charge is -2.68. The van der Waals surface area contributed by atoms with Crippen LogP contribution >= 0.6 is 11.6 Å². The molecular formula is C19H17ClN2O4S. The van der Waals surface area contributed by atoms with E-state index >= 15 is 0 Å². The van der Waals surface area contributed by atoms with E-state index in [-0.39, 0.29) is 22.6 Å². The van der Waals surface area contributed by atoms with Crippen molar-refractivity contribution in [3.05, 3.63) is 52.8 Å². The molecule has 1 aromatic carbocycles. The third-order valence-corrected chi connectivity index (χ3v) is 6.37. The maximum Gasteiger partial charge on any atom is 0.287 e. The molecule has 3 aliphatic carbocycles. The summed E-state index contributed by atoms with van der Waals surface area (Å²) in [5.41, 5.74) is 1.19. The Kier molecular flexibility index (Phi) is 3.58. The summed E-state index contributed by atoms with van der Waals surface area (Å²) in [6.07, 6.45) is 4.01. The first-order valence-corrected chi connectivity index (χ1v) is 10.7. The number of aromatic nitrogens is 1. The molecule has 1 amide bonds. The maximum atomic E-state index is 12.5. The van der Waals surface area contributed by atoms with E-state index in [0.717, 1.165) is 36.3 Å². The van der Waals surface area contributed by atoms with Crippen molar-refractivity contribution >= 4 is 39.4 Å². The molecule has 3 aromatic rings. The number of oxazole rings is 1. The molecule has 3 aliphatic rings. The van der Waals surface area contributed by atoms with Crippen molar-refractivity contribution in [1.29, 1.82) is 0 Å². The number of amides is 1. The number of rotatable bonds is 5. The Morgan fingerprint density at radius 3 is 2.78 bits per heavy atom. The van der Waals surface area contributed by atoms with Crippen LogP contribution in [0.4, 0.5) is 0 Å². The Bertz CT molecular complexity index is 1080. The molecule has 2 aromatic heterocycles. The van der Waals surface area contributed by atoms with Gasteiger partial charge in [0.15, 0.2) is 11.3 Å². The summed E-state index contributed by atoms with van der Waals surface area (Å²) < 4.78 is 22.7. The maximum absolute atomic E-state index is 12.5. The minimum atomic E-state index is -1.00. The lowest BCUT2D eigenvalue weighted by Crippen LogP contribution is -2.76. The number of nitrogens with one attached hydrogen (secondary N) is 1. The summed E-state index contributed by atoms with van der Waals surface area (Å²) in [7, 11) is -1.00. The summed E-state index contributed by atoms with van der Waals surface area (Å²) in [5.74, 6) is 1.61. The van der Waals surface area contributed by atoms with Gasteiger partial charge in [0.05, 0.1) is 11.2 Å². The number of carbonyl (C=O) groups is 1. The van der Waals surface area contributed by atoms with Crippen molar-refractivity contribution in [3.8, 4) is 0 Å². The number of furan rings is 1. The minimum absolute atomic E-state index is 0.0911. The van der Waals surface area contributed by atoms with Crippen LogP contribution in [-0.4, -0.2) is 26.9 Å². The average Bonchev–Trinajstić information content (AvgIpc) is 3.14. The number of carbonyl (C=O) groups excluding carboxylic acids is 1. The van der Waals surface area contributed by atoms with E-state index in [9.17, 15) is 9.00 Å². The molecule has 1 N–H and O–H groups in total. The van der Waals surface area contributed by atoms with Gasteiger partial charge < -0.3 is 14.2 Å². The smallest absolute Gasteiger partial charge is 0.287 e. The molecule has 6 rings (SSSR count). The molecule has 0 radical (unpaired) electrons. The molecule has 3 saturated carbocycles. The molecule has 0 aliphatic heterocycles. The van der Waals surface area contributed by atoms with Gasteiger partial charge in [0.25, 0.3) is 5.91 Å². The van der Waals surface area contributed by atoms with E-state index in [2.05, 4.69) is 10.3 Å². The first kappa shape index (κ1) is 17.0. The quantitative estimate of drug-likeness (QED) is 0.702. The van der Waals surface area contributed by atoms with Crippen molar-refractivity contribution in [2.45, 2.75) is 36.0 Å². The highest BCUT2D eigenvalue weighted by Gasteiger charge is 2.71. The summed E-state index contributed by atoms with van der Waals surface area (Å²) >= 11 is 6.01. The molecule has 6 nitrogen and oxygen atoms in total. The van der Waals surface area contributed by atoms with Gasteiger partial charge in [-0.2, -0.15) is 0 Å². The van der Waals surface area contributed by atoms with Crippen LogP contribution in [0.25, 0.3) is 11.1 Å². The number of benzene rings is 1. The monoisotopic (exact) mass is 404 g/mol. The molecule has 27 heavy (non-hydrogen) atoms. The van der Waals surface area contributed by atoms with Crippen molar-refractivity contribution in [1.82, 2.24) is 10.3 Å². The third kappa shape index (κ3) is 2.72. The molecule has 2 bridgehead atoms. The lowest BCUT2D eigenvalue weighted by atomic mass is 9.39. The van der Waals surface area contributed by atoms with Crippen LogP contribution in [0.3, 0.4) is 0 Å². The van der Waals surface area contributed by atoms with Gasteiger partial charge in [-0.1, -0.05) is 11.6 Å². The predicted molar refractivity (Wildman–Crippen MR) is 101 cm³/mol. The first-order chi connectivity index (χ1) is 12.9. The Balaban J connectivity index is 1.26. The molecule has 1 unspecified atom stereocenters. The topological polar surface area (TPSA) is 85.3 Å². The van der Waals surface area contributed by atoms with E-state index in [1.165, 1.54) is 0 Å². The zero-order chi connectivity index (χ0) is 18.8. The van der Waals surface area contributed by atoms with Gasteiger partial charge in [-0.15, -0.1) is 0 Å². The van der Waals surface area contributed by atoms with E-state index in [1.54, 1.807) is 30.5 Å². The van der Waals surface area contributed by atoms with Crippen molar-refractivity contribution in [3.63, 3.8) is 0 Å². The standard InChI is InChI=1S/C19H17ClN2O4S/c1-27(24)7-12-3-5-15(25-12)16(23)22-19-8-18(9-19,10-19)17-21-13-6-11(20)2-4-14(13)26-17/h2-6H,7-10H2,1H3,(H,22,23). The van der Waals surface area contributed by atoms with Gasteiger partial charge in [-0.25, -0.2) is 4.98 Å². The van der Waals surface area contributed by atoms with E-state index < -0.39 is 10.8 Å². The van der Waals surface area contributed by atoms with Crippen LogP contribution in [0, 0.1) is 0 Å². The summed E-state index contributed by atoms with van der Waals surface area (Å²) in [5, 5.41) is 3.71. The van der Waals surface area contributed by atoms with Crippen LogP contribution in [0.1, 0.15) is 41.5 Å². The molecule has 1 atom stereocenters. The van der Waals surface area contributed by atoms with Gasteiger partial charge in [0, 0.05) is 27.6 Å². The second-order valence-electron chi connectivity index (χ2n) is 7.66. The Morgan fingerprint density at radius 1 is 1.26 bits per heavy atom. The number of hydrogen-bond acceptors (Lipinski definition) is 5. The van der Waals surface area contributed by atoms with Gasteiger partial charge in [-0.3, -0.25) is 9.00 Å². The highest BCUT2D eigenvalue weighted by molar-refractivity contribution is 7.83. The van der Waals surface area contributed by atoms with Crippen molar-refractivity contribution in [2.24, 2.45) is 0 Å². The summed E-state index contributed by atoms with van der Waals surface area (Å²) in [6, 6.07) is 8.74. The largest absolute Gasteiger partial charge is 0.455 e. The molecule has 8 heteroatoms. The second-order valence-corrected chi connectivity index (χ2v) is 9.53. The lowest BCUT2D eigenvalue weighted by molar-refractivity contribution is -0.0958. The second kappa shape index (κ2) is 5.69. The molecule has 2 heterocycles. The number of halogens is 1. The van der Waals surface area contributed by atoms with Crippen LogP contribution in [0.2, 0.25) is 5.02 Å². The molecule has 0 spiro atoms. The SMILES string of the molecule is CS(=O)Cc1ccc(C(=O)NC23CC(c4nc5cc(Cl)ccc5o4)(C2)C3)o1. The fourth-order valence-corrected chi connectivity index (χ4v) is 5.08. The fraction of sp³-hybridized carbons (Fsp3) is 0.368. The van der Waals surface area contributed by atoms with Gasteiger partial charge >= 0.3 is 0 Å². The molecule has 3 fully saturated rings. The fourth-order valence-electron chi connectivity index (χ4n) is 4.36. The van der Waals surface area contributed by atoms with E-state index in [4.69, 9.17) is 20.4 Å². The molecule has 0 saturated heterocycles. The Hall–Kier alpha value is -2.12. The van der Waals surface area contributed by atoms with E-state index in [1.807, 2.05) is 6.07 Å². The Labute approximate surface area is 162 Å². The van der Waals surface area contributed by atoms with Crippen LogP contribution in [0.5, 0.6) is 0 Å². The minimum Gasteiger partial charge on any atom is -0.455 e. The average molecular weight is 405 g/mol. The van der Waals surface area contributed by atoms with Crippen LogP contribution in [-0.2, 0) is 22.0 Å². The van der Waals surface area contributed by atoms with Gasteiger partial charge in [0.1, 0.15) is 11.3 Å². The first-order valence-electron chi connectivity index (χ1n) is 8.64. The highest BCUT2D eigenvalue weighted by Crippen LogP contribution is 2.67. The predicted octanol–water partition coefficient (Wildman–Crippen LogP) is 3.56. The normalized spacial score (nSPS) is 27.0. The van der Waals surface area contributed by atoms with Crippen LogP contribution in [0.15, 0.2) is 39.2 Å². The Morgan fingerprint density at radius 2 is 2.04 bits per heavy atom. The van der Waals surface area contributed by atoms with Gasteiger partial charge in [0.2, 0.25) is 5.89 Å².